The molecule has 0 aromatic carbocycles. The molecule has 0 aliphatic rings. The average molecular weight is 291 g/mol. The predicted molar refractivity (Wildman–Crippen MR) is 76.3 cm³/mol. The van der Waals surface area contributed by atoms with Crippen LogP contribution in [0.4, 0.5) is 0 Å². The van der Waals surface area contributed by atoms with Crippen LogP contribution >= 0.6 is 0 Å². The Hall–Kier alpha value is -2.18. The number of hydrogen-bond donors (Lipinski definition) is 1. The maximum absolute atomic E-state index is 11.7. The fraction of sp³-hybridized carbons (Fsp3) is 0.571. The fourth-order valence-corrected chi connectivity index (χ4v) is 1.73. The van der Waals surface area contributed by atoms with Crippen molar-refractivity contribution in [2.75, 3.05) is 0 Å². The Morgan fingerprint density at radius 1 is 1.43 bits per heavy atom. The number of aromatic nitrogens is 4. The van der Waals surface area contributed by atoms with Gasteiger partial charge in [0, 0.05) is 30.8 Å². The summed E-state index contributed by atoms with van der Waals surface area (Å²) >= 11 is 0. The van der Waals surface area contributed by atoms with E-state index in [2.05, 4.69) is 20.6 Å². The smallest absolute Gasteiger partial charge is 0.246 e. The Bertz CT molecular complexity index is 568. The van der Waals surface area contributed by atoms with Gasteiger partial charge < -0.3 is 9.84 Å². The molecule has 114 valence electrons. The molecule has 2 aromatic heterocycles. The molecule has 0 spiro atoms. The summed E-state index contributed by atoms with van der Waals surface area (Å²) in [5.74, 6) is 1.04. The first-order chi connectivity index (χ1) is 9.95. The minimum absolute atomic E-state index is 0.0299. The van der Waals surface area contributed by atoms with Gasteiger partial charge in [0.25, 0.3) is 0 Å². The second-order valence-corrected chi connectivity index (χ2v) is 5.91. The molecule has 0 bridgehead atoms. The van der Waals surface area contributed by atoms with E-state index in [1.165, 1.54) is 0 Å². The molecule has 2 rings (SSSR count). The summed E-state index contributed by atoms with van der Waals surface area (Å²) in [4.78, 5) is 16.0. The van der Waals surface area contributed by atoms with Crippen molar-refractivity contribution in [2.24, 2.45) is 0 Å². The Balaban J connectivity index is 1.70. The molecule has 1 amide bonds. The number of amides is 1. The largest absolute Gasteiger partial charge is 0.347 e. The second kappa shape index (κ2) is 6.51. The van der Waals surface area contributed by atoms with Crippen molar-refractivity contribution in [3.8, 4) is 0 Å². The Morgan fingerprint density at radius 2 is 2.24 bits per heavy atom. The van der Waals surface area contributed by atoms with Crippen LogP contribution in [0.1, 0.15) is 45.3 Å². The predicted octanol–water partition coefficient (Wildman–Crippen LogP) is 1.66. The SMILES string of the molecule is CC(C)(C)c1noc(CNC(=O)CCCn2cccn2)n1. The number of aryl methyl sites for hydroxylation is 1. The van der Waals surface area contributed by atoms with E-state index in [9.17, 15) is 4.79 Å². The monoisotopic (exact) mass is 291 g/mol. The first kappa shape index (κ1) is 15.2. The van der Waals surface area contributed by atoms with Gasteiger partial charge in [-0.1, -0.05) is 25.9 Å². The van der Waals surface area contributed by atoms with Gasteiger partial charge in [0.1, 0.15) is 0 Å². The van der Waals surface area contributed by atoms with Gasteiger partial charge in [0.15, 0.2) is 5.82 Å². The molecule has 0 radical (unpaired) electrons. The zero-order chi connectivity index (χ0) is 15.3. The number of nitrogens with one attached hydrogen (secondary N) is 1. The fourth-order valence-electron chi connectivity index (χ4n) is 1.73. The van der Waals surface area contributed by atoms with Crippen LogP contribution in [0.3, 0.4) is 0 Å². The number of carbonyl (C=O) groups excluding carboxylic acids is 1. The molecule has 7 nitrogen and oxygen atoms in total. The summed E-state index contributed by atoms with van der Waals surface area (Å²) in [6, 6.07) is 1.86. The molecule has 7 heteroatoms. The van der Waals surface area contributed by atoms with E-state index in [-0.39, 0.29) is 17.9 Å². The van der Waals surface area contributed by atoms with Crippen LogP contribution < -0.4 is 5.32 Å². The van der Waals surface area contributed by atoms with Crippen molar-refractivity contribution < 1.29 is 9.32 Å². The third-order valence-corrected chi connectivity index (χ3v) is 2.93. The minimum Gasteiger partial charge on any atom is -0.347 e. The van der Waals surface area contributed by atoms with E-state index in [1.807, 2.05) is 33.0 Å². The van der Waals surface area contributed by atoms with Gasteiger partial charge in [-0.3, -0.25) is 9.48 Å². The quantitative estimate of drug-likeness (QED) is 0.874. The van der Waals surface area contributed by atoms with Crippen LogP contribution in [-0.4, -0.2) is 25.8 Å². The van der Waals surface area contributed by atoms with Crippen molar-refractivity contribution >= 4 is 5.91 Å². The highest BCUT2D eigenvalue weighted by Gasteiger charge is 2.20. The Kier molecular flexibility index (Phi) is 4.72. The van der Waals surface area contributed by atoms with E-state index < -0.39 is 0 Å². The maximum Gasteiger partial charge on any atom is 0.246 e. The molecule has 0 aliphatic carbocycles. The van der Waals surface area contributed by atoms with Crippen molar-refractivity contribution in [3.05, 3.63) is 30.2 Å². The second-order valence-electron chi connectivity index (χ2n) is 5.91. The topological polar surface area (TPSA) is 85.8 Å². The van der Waals surface area contributed by atoms with E-state index in [4.69, 9.17) is 4.52 Å². The summed E-state index contributed by atoms with van der Waals surface area (Å²) in [5.41, 5.74) is -0.157. The average Bonchev–Trinajstić information content (AvgIpc) is 3.06. The summed E-state index contributed by atoms with van der Waals surface area (Å²) in [6.07, 6.45) is 4.79. The first-order valence-corrected chi connectivity index (χ1v) is 7.02. The Morgan fingerprint density at radius 3 is 2.86 bits per heavy atom. The Labute approximate surface area is 123 Å². The zero-order valence-electron chi connectivity index (χ0n) is 12.7. The van der Waals surface area contributed by atoms with E-state index in [1.54, 1.807) is 10.9 Å². The van der Waals surface area contributed by atoms with Crippen molar-refractivity contribution in [2.45, 2.75) is 52.1 Å². The molecule has 2 heterocycles. The van der Waals surface area contributed by atoms with Crippen LogP contribution in [-0.2, 0) is 23.3 Å². The number of carbonyl (C=O) groups is 1. The molecular formula is C14H21N5O2. The van der Waals surface area contributed by atoms with Gasteiger partial charge in [0.05, 0.1) is 6.54 Å². The number of hydrogen-bond acceptors (Lipinski definition) is 5. The van der Waals surface area contributed by atoms with Crippen LogP contribution in [0, 0.1) is 0 Å². The van der Waals surface area contributed by atoms with E-state index >= 15 is 0 Å². The highest BCUT2D eigenvalue weighted by Crippen LogP contribution is 2.18. The standard InChI is InChI=1S/C14H21N5O2/c1-14(2,3)13-17-12(21-18-13)10-15-11(20)6-4-8-19-9-5-7-16-19/h5,7,9H,4,6,8,10H2,1-3H3,(H,15,20). The van der Waals surface area contributed by atoms with E-state index in [0.29, 0.717) is 18.1 Å². The first-order valence-electron chi connectivity index (χ1n) is 7.02. The normalized spacial score (nSPS) is 11.6. The van der Waals surface area contributed by atoms with Gasteiger partial charge in [-0.2, -0.15) is 10.1 Å². The molecule has 0 saturated carbocycles. The molecule has 21 heavy (non-hydrogen) atoms. The lowest BCUT2D eigenvalue weighted by atomic mass is 9.96. The molecular weight excluding hydrogens is 270 g/mol. The number of rotatable bonds is 6. The van der Waals surface area contributed by atoms with Gasteiger partial charge in [-0.05, 0) is 12.5 Å². The highest BCUT2D eigenvalue weighted by molar-refractivity contribution is 5.75. The van der Waals surface area contributed by atoms with Crippen LogP contribution in [0.5, 0.6) is 0 Å². The van der Waals surface area contributed by atoms with Gasteiger partial charge in [-0.15, -0.1) is 0 Å². The number of nitrogens with zero attached hydrogens (tertiary/aromatic N) is 4. The summed E-state index contributed by atoms with van der Waals surface area (Å²) in [5, 5.41) is 10.8. The lowest BCUT2D eigenvalue weighted by molar-refractivity contribution is -0.121. The lowest BCUT2D eigenvalue weighted by Gasteiger charge is -2.10. The summed E-state index contributed by atoms with van der Waals surface area (Å²) < 4.78 is 6.92. The van der Waals surface area contributed by atoms with Crippen molar-refractivity contribution in [1.29, 1.82) is 0 Å². The van der Waals surface area contributed by atoms with Crippen LogP contribution in [0.2, 0.25) is 0 Å². The van der Waals surface area contributed by atoms with Gasteiger partial charge >= 0.3 is 0 Å². The van der Waals surface area contributed by atoms with E-state index in [0.717, 1.165) is 13.0 Å². The van der Waals surface area contributed by atoms with Crippen LogP contribution in [0.15, 0.2) is 23.0 Å². The molecule has 0 atom stereocenters. The molecule has 0 aliphatic heterocycles. The minimum atomic E-state index is -0.157. The highest BCUT2D eigenvalue weighted by atomic mass is 16.5. The summed E-state index contributed by atoms with van der Waals surface area (Å²) in [7, 11) is 0. The third-order valence-electron chi connectivity index (χ3n) is 2.93. The van der Waals surface area contributed by atoms with Crippen molar-refractivity contribution in [3.63, 3.8) is 0 Å². The van der Waals surface area contributed by atoms with Crippen molar-refractivity contribution in [1.82, 2.24) is 25.2 Å². The van der Waals surface area contributed by atoms with Gasteiger partial charge in [-0.25, -0.2) is 0 Å². The molecule has 2 aromatic rings. The van der Waals surface area contributed by atoms with Crippen LogP contribution in [0.25, 0.3) is 0 Å². The molecule has 1 N–H and O–H groups in total. The summed E-state index contributed by atoms with van der Waals surface area (Å²) in [6.45, 7) is 7.03. The third kappa shape index (κ3) is 4.70. The van der Waals surface area contributed by atoms with Gasteiger partial charge in [0.2, 0.25) is 11.8 Å². The maximum atomic E-state index is 11.7. The molecule has 0 fully saturated rings. The molecule has 0 saturated heterocycles. The molecule has 0 unspecified atom stereocenters. The lowest BCUT2D eigenvalue weighted by Crippen LogP contribution is -2.23. The zero-order valence-corrected chi connectivity index (χ0v) is 12.7.